The van der Waals surface area contributed by atoms with Gasteiger partial charge in [-0.25, -0.2) is 0 Å². The van der Waals surface area contributed by atoms with Gasteiger partial charge in [-0.05, 0) is 50.2 Å². The first-order valence-electron chi connectivity index (χ1n) is 11.3. The number of amides is 1. The van der Waals surface area contributed by atoms with Crippen molar-refractivity contribution >= 4 is 11.9 Å². The highest BCUT2D eigenvalue weighted by Crippen LogP contribution is 2.17. The van der Waals surface area contributed by atoms with E-state index in [1.807, 2.05) is 6.92 Å². The summed E-state index contributed by atoms with van der Waals surface area (Å²) < 4.78 is 5.14. The Morgan fingerprint density at radius 1 is 0.862 bits per heavy atom. The molecule has 1 unspecified atom stereocenters. The normalized spacial score (nSPS) is 13.0. The van der Waals surface area contributed by atoms with E-state index in [1.165, 1.54) is 69.9 Å². The molecule has 0 saturated carbocycles. The fraction of sp³-hybridized carbons (Fsp3) is 0.680. The van der Waals surface area contributed by atoms with Gasteiger partial charge in [-0.2, -0.15) is 0 Å². The van der Waals surface area contributed by atoms with Gasteiger partial charge in [0.05, 0.1) is 5.54 Å². The minimum absolute atomic E-state index is 0.0967. The molecule has 4 heteroatoms. The van der Waals surface area contributed by atoms with Gasteiger partial charge in [0, 0.05) is 13.8 Å². The molecule has 0 aliphatic heterocycles. The molecule has 1 aromatic rings. The van der Waals surface area contributed by atoms with Gasteiger partial charge in [0.1, 0.15) is 6.61 Å². The predicted molar refractivity (Wildman–Crippen MR) is 120 cm³/mol. The van der Waals surface area contributed by atoms with Crippen molar-refractivity contribution in [2.24, 2.45) is 0 Å². The van der Waals surface area contributed by atoms with Crippen LogP contribution in [0.15, 0.2) is 24.3 Å². The van der Waals surface area contributed by atoms with Crippen molar-refractivity contribution in [2.45, 2.75) is 104 Å². The predicted octanol–water partition coefficient (Wildman–Crippen LogP) is 5.76. The molecule has 1 atom stereocenters. The maximum absolute atomic E-state index is 11.5. The van der Waals surface area contributed by atoms with Crippen LogP contribution in [0.1, 0.15) is 96.6 Å². The van der Waals surface area contributed by atoms with E-state index in [2.05, 4.69) is 36.5 Å². The molecule has 164 valence electrons. The number of ether oxygens (including phenoxy) is 1. The molecule has 0 heterocycles. The number of carbonyl (C=O) groups excluding carboxylic acids is 2. The molecule has 0 fully saturated rings. The Morgan fingerprint density at radius 2 is 1.38 bits per heavy atom. The number of rotatable bonds is 15. The van der Waals surface area contributed by atoms with Gasteiger partial charge in [-0.1, -0.05) is 69.7 Å². The van der Waals surface area contributed by atoms with Gasteiger partial charge in [0.15, 0.2) is 0 Å². The van der Waals surface area contributed by atoms with Crippen molar-refractivity contribution in [1.29, 1.82) is 0 Å². The highest BCUT2D eigenvalue weighted by Gasteiger charge is 2.26. The third-order valence-corrected chi connectivity index (χ3v) is 5.36. The smallest absolute Gasteiger partial charge is 0.302 e. The number of benzene rings is 1. The molecular weight excluding hydrogens is 362 g/mol. The van der Waals surface area contributed by atoms with E-state index in [-0.39, 0.29) is 18.5 Å². The maximum atomic E-state index is 11.5. The summed E-state index contributed by atoms with van der Waals surface area (Å²) in [5.74, 6) is -0.414. The van der Waals surface area contributed by atoms with Crippen LogP contribution >= 0.6 is 0 Å². The van der Waals surface area contributed by atoms with Gasteiger partial charge >= 0.3 is 5.97 Å². The zero-order valence-electron chi connectivity index (χ0n) is 19.0. The number of esters is 1. The number of hydrogen-bond donors (Lipinski definition) is 1. The first kappa shape index (κ1) is 25.2. The average Bonchev–Trinajstić information content (AvgIpc) is 2.67. The zero-order valence-corrected chi connectivity index (χ0v) is 19.0. The lowest BCUT2D eigenvalue weighted by Gasteiger charge is -2.29. The summed E-state index contributed by atoms with van der Waals surface area (Å²) >= 11 is 0. The molecule has 1 aromatic carbocycles. The Bertz CT molecular complexity index is 597. The number of hydrogen-bond acceptors (Lipinski definition) is 3. The lowest BCUT2D eigenvalue weighted by atomic mass is 9.94. The van der Waals surface area contributed by atoms with Crippen molar-refractivity contribution in [3.05, 3.63) is 35.4 Å². The van der Waals surface area contributed by atoms with E-state index in [0.717, 1.165) is 25.7 Å². The SMILES string of the molecule is CCCCCCCCc1ccc(CCCCC(C)(COC(C)=O)NC(C)=O)cc1. The summed E-state index contributed by atoms with van der Waals surface area (Å²) in [7, 11) is 0. The summed E-state index contributed by atoms with van der Waals surface area (Å²) in [6.45, 7) is 7.30. The van der Waals surface area contributed by atoms with Gasteiger partial charge in [-0.3, -0.25) is 9.59 Å². The largest absolute Gasteiger partial charge is 0.463 e. The van der Waals surface area contributed by atoms with Crippen LogP contribution in [0.5, 0.6) is 0 Å². The summed E-state index contributed by atoms with van der Waals surface area (Å²) in [5, 5.41) is 2.94. The Kier molecular flexibility index (Phi) is 12.3. The quantitative estimate of drug-likeness (QED) is 0.299. The Hall–Kier alpha value is -1.84. The minimum atomic E-state index is -0.501. The molecule has 1 amide bonds. The van der Waals surface area contributed by atoms with E-state index in [4.69, 9.17) is 4.74 Å². The summed E-state index contributed by atoms with van der Waals surface area (Å²) in [4.78, 5) is 22.6. The molecule has 1 rings (SSSR count). The maximum Gasteiger partial charge on any atom is 0.302 e. The molecule has 0 aliphatic rings. The number of aryl methyl sites for hydroxylation is 2. The fourth-order valence-electron chi connectivity index (χ4n) is 3.68. The highest BCUT2D eigenvalue weighted by atomic mass is 16.5. The molecule has 0 radical (unpaired) electrons. The molecule has 0 spiro atoms. The van der Waals surface area contributed by atoms with Crippen LogP contribution in [0, 0.1) is 0 Å². The number of unbranched alkanes of at least 4 members (excludes halogenated alkanes) is 6. The molecule has 0 bridgehead atoms. The van der Waals surface area contributed by atoms with Gasteiger partial charge < -0.3 is 10.1 Å². The second kappa shape index (κ2) is 14.2. The molecule has 0 aliphatic carbocycles. The van der Waals surface area contributed by atoms with Crippen LogP contribution in [0.3, 0.4) is 0 Å². The van der Waals surface area contributed by atoms with Gasteiger partial charge in [0.25, 0.3) is 0 Å². The number of nitrogens with one attached hydrogen (secondary N) is 1. The highest BCUT2D eigenvalue weighted by molar-refractivity contribution is 5.74. The summed E-state index contributed by atoms with van der Waals surface area (Å²) in [6, 6.07) is 9.03. The average molecular weight is 404 g/mol. The van der Waals surface area contributed by atoms with Crippen molar-refractivity contribution in [1.82, 2.24) is 5.32 Å². The zero-order chi connectivity index (χ0) is 21.5. The second-order valence-electron chi connectivity index (χ2n) is 8.56. The van der Waals surface area contributed by atoms with Crippen LogP contribution in [0.2, 0.25) is 0 Å². The molecule has 0 aromatic heterocycles. The van der Waals surface area contributed by atoms with Gasteiger partial charge in [-0.15, -0.1) is 0 Å². The second-order valence-corrected chi connectivity index (χ2v) is 8.56. The van der Waals surface area contributed by atoms with Crippen molar-refractivity contribution < 1.29 is 14.3 Å². The van der Waals surface area contributed by atoms with Crippen molar-refractivity contribution in [3.63, 3.8) is 0 Å². The first-order valence-corrected chi connectivity index (χ1v) is 11.3. The molecule has 29 heavy (non-hydrogen) atoms. The van der Waals surface area contributed by atoms with E-state index in [0.29, 0.717) is 0 Å². The van der Waals surface area contributed by atoms with Crippen molar-refractivity contribution in [2.75, 3.05) is 6.61 Å². The topological polar surface area (TPSA) is 55.4 Å². The van der Waals surface area contributed by atoms with Crippen LogP contribution in [-0.4, -0.2) is 24.0 Å². The first-order chi connectivity index (χ1) is 13.8. The lowest BCUT2D eigenvalue weighted by Crippen LogP contribution is -2.49. The third kappa shape index (κ3) is 12.4. The monoisotopic (exact) mass is 403 g/mol. The van der Waals surface area contributed by atoms with E-state index >= 15 is 0 Å². The Morgan fingerprint density at radius 3 is 1.90 bits per heavy atom. The molecule has 1 N–H and O–H groups in total. The van der Waals surface area contributed by atoms with Crippen LogP contribution < -0.4 is 5.32 Å². The standard InChI is InChI=1S/C25H41NO3/c1-5-6-7-8-9-10-13-23-15-17-24(18-16-23)14-11-12-19-25(4,26-21(2)27)20-29-22(3)28/h15-18H,5-14,19-20H2,1-4H3,(H,26,27). The lowest BCUT2D eigenvalue weighted by molar-refractivity contribution is -0.144. The third-order valence-electron chi connectivity index (χ3n) is 5.36. The van der Waals surface area contributed by atoms with E-state index in [9.17, 15) is 9.59 Å². The molecular formula is C25H41NO3. The van der Waals surface area contributed by atoms with E-state index in [1.54, 1.807) is 0 Å². The van der Waals surface area contributed by atoms with E-state index < -0.39 is 5.54 Å². The Balaban J connectivity index is 2.31. The molecule has 4 nitrogen and oxygen atoms in total. The van der Waals surface area contributed by atoms with Gasteiger partial charge in [0.2, 0.25) is 5.91 Å². The fourth-order valence-corrected chi connectivity index (χ4v) is 3.68. The summed E-state index contributed by atoms with van der Waals surface area (Å²) in [5.41, 5.74) is 2.29. The van der Waals surface area contributed by atoms with Crippen LogP contribution in [-0.2, 0) is 27.2 Å². The van der Waals surface area contributed by atoms with Crippen molar-refractivity contribution in [3.8, 4) is 0 Å². The number of carbonyl (C=O) groups is 2. The minimum Gasteiger partial charge on any atom is -0.463 e. The van der Waals surface area contributed by atoms with Crippen LogP contribution in [0.4, 0.5) is 0 Å². The molecule has 0 saturated heterocycles. The Labute approximate surface area is 177 Å². The summed E-state index contributed by atoms with van der Waals surface area (Å²) in [6.07, 6.45) is 13.0. The van der Waals surface area contributed by atoms with Crippen LogP contribution in [0.25, 0.3) is 0 Å².